The summed E-state index contributed by atoms with van der Waals surface area (Å²) >= 11 is 0. The lowest BCUT2D eigenvalue weighted by molar-refractivity contribution is 0.0731. The highest BCUT2D eigenvalue weighted by Gasteiger charge is 2.21. The number of rotatable bonds is 4. The van der Waals surface area contributed by atoms with Gasteiger partial charge in [-0.1, -0.05) is 6.07 Å². The Morgan fingerprint density at radius 1 is 1.07 bits per heavy atom. The molecule has 0 bridgehead atoms. The van der Waals surface area contributed by atoms with E-state index in [1.807, 2.05) is 6.92 Å². The van der Waals surface area contributed by atoms with E-state index in [2.05, 4.69) is 4.98 Å². The average molecular weight is 387 g/mol. The minimum Gasteiger partial charge on any atom is -0.497 e. The van der Waals surface area contributed by atoms with Crippen molar-refractivity contribution in [2.75, 3.05) is 7.11 Å². The van der Waals surface area contributed by atoms with Crippen LogP contribution in [0.3, 0.4) is 0 Å². The highest BCUT2D eigenvalue weighted by Crippen LogP contribution is 2.32. The molecule has 0 saturated heterocycles. The van der Waals surface area contributed by atoms with Crippen molar-refractivity contribution >= 4 is 16.9 Å². The number of fused-ring (bicyclic) bond motifs is 1. The van der Waals surface area contributed by atoms with Gasteiger partial charge in [0.1, 0.15) is 11.3 Å². The molecule has 0 fully saturated rings. The second-order valence-corrected chi connectivity index (χ2v) is 6.45. The number of aromatic nitrogens is 1. The van der Waals surface area contributed by atoms with Crippen molar-refractivity contribution in [1.29, 1.82) is 0 Å². The lowest BCUT2D eigenvalue weighted by Gasteiger charge is -2.11. The second-order valence-electron chi connectivity index (χ2n) is 6.45. The maximum Gasteiger partial charge on any atom is 0.345 e. The van der Waals surface area contributed by atoms with Gasteiger partial charge in [0, 0.05) is 18.0 Å². The molecule has 0 aliphatic heterocycles. The smallest absolute Gasteiger partial charge is 0.345 e. The first-order valence-electron chi connectivity index (χ1n) is 8.91. The van der Waals surface area contributed by atoms with Gasteiger partial charge in [0.25, 0.3) is 0 Å². The molecule has 0 saturated carbocycles. The predicted octanol–water partition coefficient (Wildman–Crippen LogP) is 4.39. The van der Waals surface area contributed by atoms with Gasteiger partial charge >= 0.3 is 5.97 Å². The normalized spacial score (nSPS) is 10.7. The van der Waals surface area contributed by atoms with Crippen molar-refractivity contribution in [3.05, 3.63) is 88.3 Å². The average Bonchev–Trinajstić information content (AvgIpc) is 2.76. The van der Waals surface area contributed by atoms with E-state index >= 15 is 0 Å². The Bertz CT molecular complexity index is 1240. The third-order valence-electron chi connectivity index (χ3n) is 4.45. The van der Waals surface area contributed by atoms with E-state index in [4.69, 9.17) is 13.9 Å². The number of methoxy groups -OCH3 is 1. The van der Waals surface area contributed by atoms with E-state index in [0.717, 1.165) is 5.56 Å². The van der Waals surface area contributed by atoms with Crippen LogP contribution in [0.25, 0.3) is 22.3 Å². The Hall–Kier alpha value is -3.93. The van der Waals surface area contributed by atoms with Crippen molar-refractivity contribution in [1.82, 2.24) is 4.98 Å². The van der Waals surface area contributed by atoms with Crippen LogP contribution in [0, 0.1) is 6.92 Å². The molecule has 4 aromatic rings. The molecule has 6 heteroatoms. The maximum atomic E-state index is 13.1. The molecule has 0 unspecified atom stereocenters. The molecular formula is C23H17NO5. The molecular weight excluding hydrogens is 370 g/mol. The molecule has 4 rings (SSSR count). The number of hydrogen-bond acceptors (Lipinski definition) is 6. The number of pyridine rings is 1. The van der Waals surface area contributed by atoms with Crippen LogP contribution in [0.15, 0.2) is 76.2 Å². The zero-order valence-electron chi connectivity index (χ0n) is 15.8. The SMILES string of the molecule is COc1ccc(-c2oc3cc(C)ccc3c(=O)c2OC(=O)c2cccnc2)cc1. The number of carbonyl (C=O) groups is 1. The third-order valence-corrected chi connectivity index (χ3v) is 4.45. The lowest BCUT2D eigenvalue weighted by atomic mass is 10.1. The molecule has 0 spiro atoms. The van der Waals surface area contributed by atoms with Crippen LogP contribution >= 0.6 is 0 Å². The van der Waals surface area contributed by atoms with Gasteiger partial charge < -0.3 is 13.9 Å². The summed E-state index contributed by atoms with van der Waals surface area (Å²) in [7, 11) is 1.56. The first-order valence-corrected chi connectivity index (χ1v) is 8.91. The van der Waals surface area contributed by atoms with Crippen molar-refractivity contribution in [3.63, 3.8) is 0 Å². The van der Waals surface area contributed by atoms with Crippen LogP contribution in [0.4, 0.5) is 0 Å². The standard InChI is InChI=1S/C23H17NO5/c1-14-5-10-18-19(12-14)28-21(15-6-8-17(27-2)9-7-15)22(20(18)25)29-23(26)16-4-3-11-24-13-16/h3-13H,1-2H3. The molecule has 0 atom stereocenters. The molecule has 0 N–H and O–H groups in total. The zero-order chi connectivity index (χ0) is 20.4. The highest BCUT2D eigenvalue weighted by molar-refractivity contribution is 5.92. The minimum absolute atomic E-state index is 0.166. The molecule has 2 aromatic heterocycles. The fourth-order valence-corrected chi connectivity index (χ4v) is 2.94. The summed E-state index contributed by atoms with van der Waals surface area (Å²) in [6, 6.07) is 15.4. The monoisotopic (exact) mass is 387 g/mol. The second kappa shape index (κ2) is 7.59. The highest BCUT2D eigenvalue weighted by atomic mass is 16.5. The summed E-state index contributed by atoms with van der Waals surface area (Å²) in [6.07, 6.45) is 2.92. The number of hydrogen-bond donors (Lipinski definition) is 0. The van der Waals surface area contributed by atoms with Gasteiger partial charge in [0.05, 0.1) is 18.1 Å². The van der Waals surface area contributed by atoms with Gasteiger partial charge in [-0.25, -0.2) is 4.79 Å². The molecule has 0 radical (unpaired) electrons. The Morgan fingerprint density at radius 2 is 1.86 bits per heavy atom. The van der Waals surface area contributed by atoms with E-state index in [0.29, 0.717) is 22.3 Å². The Kier molecular flexibility index (Phi) is 4.83. The van der Waals surface area contributed by atoms with Crippen LogP contribution < -0.4 is 14.9 Å². The Morgan fingerprint density at radius 3 is 2.55 bits per heavy atom. The topological polar surface area (TPSA) is 78.6 Å². The van der Waals surface area contributed by atoms with Crippen LogP contribution in [-0.2, 0) is 0 Å². The zero-order valence-corrected chi connectivity index (χ0v) is 15.8. The number of aryl methyl sites for hydroxylation is 1. The van der Waals surface area contributed by atoms with Gasteiger partial charge in [0.15, 0.2) is 5.76 Å². The number of ether oxygens (including phenoxy) is 2. The molecule has 29 heavy (non-hydrogen) atoms. The summed E-state index contributed by atoms with van der Waals surface area (Å²) in [6.45, 7) is 1.91. The van der Waals surface area contributed by atoms with Gasteiger partial charge in [-0.3, -0.25) is 9.78 Å². The van der Waals surface area contributed by atoms with E-state index in [-0.39, 0.29) is 17.1 Å². The van der Waals surface area contributed by atoms with Crippen molar-refractivity contribution < 1.29 is 18.7 Å². The molecule has 144 valence electrons. The quantitative estimate of drug-likeness (QED) is 0.483. The van der Waals surface area contributed by atoms with Gasteiger partial charge in [0.2, 0.25) is 11.2 Å². The summed E-state index contributed by atoms with van der Waals surface area (Å²) in [5.41, 5.74) is 1.76. The number of carbonyl (C=O) groups excluding carboxylic acids is 1. The molecule has 2 aromatic carbocycles. The van der Waals surface area contributed by atoms with Crippen LogP contribution in [-0.4, -0.2) is 18.1 Å². The maximum absolute atomic E-state index is 13.1. The van der Waals surface area contributed by atoms with E-state index in [1.54, 1.807) is 67.9 Å². The first-order chi connectivity index (χ1) is 14.1. The summed E-state index contributed by atoms with van der Waals surface area (Å²) in [4.78, 5) is 29.6. The third kappa shape index (κ3) is 3.60. The number of benzene rings is 2. The summed E-state index contributed by atoms with van der Waals surface area (Å²) in [5, 5.41) is 0.335. The fourth-order valence-electron chi connectivity index (χ4n) is 2.94. The largest absolute Gasteiger partial charge is 0.497 e. The number of esters is 1. The van der Waals surface area contributed by atoms with Gasteiger partial charge in [-0.2, -0.15) is 0 Å². The van der Waals surface area contributed by atoms with Crippen molar-refractivity contribution in [2.45, 2.75) is 6.92 Å². The van der Waals surface area contributed by atoms with Crippen LogP contribution in [0.1, 0.15) is 15.9 Å². The Labute approximate surface area is 166 Å². The van der Waals surface area contributed by atoms with Crippen LogP contribution in [0.5, 0.6) is 11.5 Å². The molecule has 6 nitrogen and oxygen atoms in total. The molecule has 0 aliphatic rings. The van der Waals surface area contributed by atoms with Gasteiger partial charge in [-0.05, 0) is 61.0 Å². The van der Waals surface area contributed by atoms with Crippen molar-refractivity contribution in [3.8, 4) is 22.8 Å². The molecule has 2 heterocycles. The van der Waals surface area contributed by atoms with E-state index in [9.17, 15) is 9.59 Å². The minimum atomic E-state index is -0.688. The lowest BCUT2D eigenvalue weighted by Crippen LogP contribution is -2.16. The first kappa shape index (κ1) is 18.4. The Balaban J connectivity index is 1.90. The van der Waals surface area contributed by atoms with E-state index < -0.39 is 11.4 Å². The molecule has 0 amide bonds. The fraction of sp³-hybridized carbons (Fsp3) is 0.0870. The van der Waals surface area contributed by atoms with Gasteiger partial charge in [-0.15, -0.1) is 0 Å². The van der Waals surface area contributed by atoms with Crippen LogP contribution in [0.2, 0.25) is 0 Å². The predicted molar refractivity (Wildman–Crippen MR) is 108 cm³/mol. The molecule has 0 aliphatic carbocycles. The summed E-state index contributed by atoms with van der Waals surface area (Å²) in [5.74, 6) is -0.0263. The number of nitrogens with zero attached hydrogens (tertiary/aromatic N) is 1. The summed E-state index contributed by atoms with van der Waals surface area (Å²) < 4.78 is 16.7. The van der Waals surface area contributed by atoms with E-state index in [1.165, 1.54) is 6.20 Å². The van der Waals surface area contributed by atoms with Crippen molar-refractivity contribution in [2.24, 2.45) is 0 Å².